The van der Waals surface area contributed by atoms with Crippen LogP contribution in [-0.4, -0.2) is 66.4 Å². The van der Waals surface area contributed by atoms with Gasteiger partial charge in [-0.3, -0.25) is 4.57 Å². The van der Waals surface area contributed by atoms with Crippen LogP contribution in [0.25, 0.3) is 11.2 Å². The largest absolute Gasteiger partial charge is 0.470 e. The van der Waals surface area contributed by atoms with Gasteiger partial charge in [-0.1, -0.05) is 0 Å². The highest BCUT2D eigenvalue weighted by Gasteiger charge is 2.35. The molecular weight excluding hydrogens is 306 g/mol. The molecule has 4 atom stereocenters. The minimum atomic E-state index is -2.57. The van der Waals surface area contributed by atoms with Gasteiger partial charge in [-0.25, -0.2) is 4.98 Å². The Balaban J connectivity index is 1.97. The highest BCUT2D eigenvalue weighted by molar-refractivity contribution is 5.77. The van der Waals surface area contributed by atoms with Crippen molar-refractivity contribution in [3.05, 3.63) is 6.33 Å². The number of nitrogens with zero attached hydrogens (tertiary/aromatic N) is 4. The van der Waals surface area contributed by atoms with Crippen molar-refractivity contribution in [1.82, 2.24) is 19.5 Å². The maximum Gasteiger partial charge on any atom is 0.247 e. The van der Waals surface area contributed by atoms with Gasteiger partial charge in [0.2, 0.25) is 11.8 Å². The summed E-state index contributed by atoms with van der Waals surface area (Å²) in [4.78, 5) is 12.1. The summed E-state index contributed by atoms with van der Waals surface area (Å²) in [5, 5.41) is 28.4. The molecule has 3 heterocycles. The molecule has 0 radical (unpaired) electrons. The van der Waals surface area contributed by atoms with Crippen LogP contribution in [0.4, 0.5) is 5.95 Å². The molecule has 1 aliphatic heterocycles. The zero-order valence-electron chi connectivity index (χ0n) is 15.0. The van der Waals surface area contributed by atoms with E-state index in [1.165, 1.54) is 10.9 Å². The van der Waals surface area contributed by atoms with Crippen LogP contribution in [0.2, 0.25) is 0 Å². The summed E-state index contributed by atoms with van der Waals surface area (Å²) in [7, 11) is 0. The average Bonchev–Trinajstić information content (AvgIpc) is 3.14. The zero-order valence-corrected chi connectivity index (χ0v) is 12.0. The fraction of sp³-hybridized carbons (Fsp3) is 0.615. The van der Waals surface area contributed by atoms with Crippen LogP contribution in [-0.2, 0) is 4.74 Å². The highest BCUT2D eigenvalue weighted by Crippen LogP contribution is 2.32. The van der Waals surface area contributed by atoms with Gasteiger partial charge in [0.05, 0.1) is 25.6 Å². The zero-order chi connectivity index (χ0) is 19.1. The molecule has 3 rings (SSSR count). The number of nitrogens with two attached hydrogens (primary N) is 1. The van der Waals surface area contributed by atoms with Crippen molar-refractivity contribution in [2.75, 3.05) is 18.9 Å². The Hall–Kier alpha value is -2.01. The van der Waals surface area contributed by atoms with E-state index in [0.29, 0.717) is 0 Å². The molecule has 0 aliphatic carbocycles. The molecule has 5 N–H and O–H groups in total. The van der Waals surface area contributed by atoms with Gasteiger partial charge in [0.25, 0.3) is 0 Å². The van der Waals surface area contributed by atoms with Crippen molar-refractivity contribution in [2.45, 2.75) is 37.8 Å². The second kappa shape index (κ2) is 6.24. The van der Waals surface area contributed by atoms with Gasteiger partial charge in [-0.2, -0.15) is 9.97 Å². The molecule has 0 spiro atoms. The maximum atomic E-state index is 9.89. The molecule has 10 heteroatoms. The summed E-state index contributed by atoms with van der Waals surface area (Å²) < 4.78 is 34.5. The number of hydrogen-bond donors (Lipinski definition) is 4. The van der Waals surface area contributed by atoms with E-state index >= 15 is 0 Å². The summed E-state index contributed by atoms with van der Waals surface area (Å²) in [6.45, 7) is -3.67. The number of ether oxygens (including phenoxy) is 2. The third-order valence-corrected chi connectivity index (χ3v) is 3.52. The molecule has 0 amide bonds. The van der Waals surface area contributed by atoms with Gasteiger partial charge in [-0.05, 0) is 6.85 Å². The van der Waals surface area contributed by atoms with Gasteiger partial charge in [0.15, 0.2) is 11.2 Å². The van der Waals surface area contributed by atoms with Crippen LogP contribution in [0.1, 0.15) is 23.6 Å². The second-order valence-electron chi connectivity index (χ2n) is 5.11. The molecule has 0 aromatic carbocycles. The summed E-state index contributed by atoms with van der Waals surface area (Å²) in [6.07, 6.45) is -2.18. The van der Waals surface area contributed by atoms with Crippen LogP contribution in [0.5, 0.6) is 5.88 Å². The fourth-order valence-electron chi connectivity index (χ4n) is 2.42. The van der Waals surface area contributed by atoms with Crippen molar-refractivity contribution in [2.24, 2.45) is 0 Å². The van der Waals surface area contributed by atoms with Crippen LogP contribution < -0.4 is 10.5 Å². The van der Waals surface area contributed by atoms with E-state index in [2.05, 4.69) is 15.0 Å². The third kappa shape index (κ3) is 2.93. The lowest BCUT2D eigenvalue weighted by molar-refractivity contribution is -0.0432. The number of imidazole rings is 1. The molecule has 2 aromatic rings. The number of fused-ring (bicyclic) bond motifs is 1. The first kappa shape index (κ1) is 12.4. The van der Waals surface area contributed by atoms with E-state index in [4.69, 9.17) is 19.3 Å². The Labute approximate surface area is 135 Å². The number of nitrogen functional groups attached to an aromatic ring is 1. The van der Waals surface area contributed by atoms with Crippen molar-refractivity contribution in [3.8, 4) is 5.88 Å². The van der Waals surface area contributed by atoms with Crippen molar-refractivity contribution < 1.29 is 28.9 Å². The summed E-state index contributed by atoms with van der Waals surface area (Å²) in [5.74, 6) is -0.368. The van der Waals surface area contributed by atoms with E-state index in [0.717, 1.165) is 0 Å². The molecule has 10 nitrogen and oxygen atoms in total. The topological polar surface area (TPSA) is 149 Å². The van der Waals surface area contributed by atoms with E-state index in [1.54, 1.807) is 0 Å². The first-order valence-corrected chi connectivity index (χ1v) is 6.96. The predicted octanol–water partition coefficient (Wildman–Crippen LogP) is -1.19. The Morgan fingerprint density at radius 2 is 2.39 bits per heavy atom. The number of aromatic nitrogens is 4. The summed E-state index contributed by atoms with van der Waals surface area (Å²) in [6, 6.07) is 0. The van der Waals surface area contributed by atoms with Crippen molar-refractivity contribution in [3.63, 3.8) is 0 Å². The SMILES string of the molecule is [2H]C([2H])([2H])C(CO)Oc1nc(N)nc2c1ncn2[C@H]1C[C@H](O)[C@@H](CO)O1. The first-order chi connectivity index (χ1) is 12.2. The minimum Gasteiger partial charge on any atom is -0.470 e. The number of hydrogen-bond acceptors (Lipinski definition) is 9. The smallest absolute Gasteiger partial charge is 0.247 e. The standard InChI is InChI=1S/C13H19N5O5/c1-6(3-19)22-12-10-11(16-13(14)17-12)18(5-15-10)9-2-7(21)8(4-20)23-9/h5-9,19-21H,2-4H2,1H3,(H2,14,16,17)/t6?,7-,8+,9+/m0/s1/i1D3. The molecule has 1 saturated heterocycles. The van der Waals surface area contributed by atoms with Crippen LogP contribution in [0.15, 0.2) is 6.33 Å². The van der Waals surface area contributed by atoms with E-state index < -0.39 is 38.0 Å². The molecule has 126 valence electrons. The predicted molar refractivity (Wildman–Crippen MR) is 78.5 cm³/mol. The lowest BCUT2D eigenvalue weighted by Crippen LogP contribution is -2.24. The average molecular weight is 328 g/mol. The van der Waals surface area contributed by atoms with Gasteiger partial charge in [0.1, 0.15) is 18.4 Å². The first-order valence-electron chi connectivity index (χ1n) is 8.46. The van der Waals surface area contributed by atoms with Crippen LogP contribution >= 0.6 is 0 Å². The summed E-state index contributed by atoms with van der Waals surface area (Å²) in [5.41, 5.74) is 6.03. The molecule has 1 fully saturated rings. The van der Waals surface area contributed by atoms with Gasteiger partial charge < -0.3 is 30.5 Å². The number of anilines is 1. The molecule has 0 saturated carbocycles. The van der Waals surface area contributed by atoms with Gasteiger partial charge in [0, 0.05) is 10.5 Å². The molecule has 23 heavy (non-hydrogen) atoms. The number of rotatable bonds is 5. The van der Waals surface area contributed by atoms with Crippen LogP contribution in [0, 0.1) is 0 Å². The second-order valence-corrected chi connectivity index (χ2v) is 5.11. The monoisotopic (exact) mass is 328 g/mol. The maximum absolute atomic E-state index is 9.89. The van der Waals surface area contributed by atoms with Crippen molar-refractivity contribution >= 4 is 17.1 Å². The molecule has 1 unspecified atom stereocenters. The normalized spacial score (nSPS) is 28.3. The number of aliphatic hydroxyl groups excluding tert-OH is 3. The van der Waals surface area contributed by atoms with E-state index in [9.17, 15) is 15.3 Å². The molecular formula is C13H19N5O5. The van der Waals surface area contributed by atoms with Crippen LogP contribution in [0.3, 0.4) is 0 Å². The Morgan fingerprint density at radius 3 is 3.04 bits per heavy atom. The van der Waals surface area contributed by atoms with Crippen molar-refractivity contribution in [1.29, 1.82) is 0 Å². The van der Waals surface area contributed by atoms with E-state index in [-0.39, 0.29) is 36.0 Å². The molecule has 1 aliphatic rings. The Bertz CT molecular complexity index is 785. The minimum absolute atomic E-state index is 0.132. The van der Waals surface area contributed by atoms with E-state index in [1.807, 2.05) is 0 Å². The highest BCUT2D eigenvalue weighted by atomic mass is 16.5. The lowest BCUT2D eigenvalue weighted by atomic mass is 10.2. The summed E-state index contributed by atoms with van der Waals surface area (Å²) >= 11 is 0. The fourth-order valence-corrected chi connectivity index (χ4v) is 2.42. The third-order valence-electron chi connectivity index (χ3n) is 3.52. The van der Waals surface area contributed by atoms with Gasteiger partial charge >= 0.3 is 0 Å². The quantitative estimate of drug-likeness (QED) is 0.531. The molecule has 0 bridgehead atoms. The lowest BCUT2D eigenvalue weighted by Gasteiger charge is -2.14. The number of aliphatic hydroxyl groups is 3. The Morgan fingerprint density at radius 1 is 1.57 bits per heavy atom. The molecule has 2 aromatic heterocycles. The van der Waals surface area contributed by atoms with Gasteiger partial charge in [-0.15, -0.1) is 0 Å². The Kier molecular flexibility index (Phi) is 3.37.